The van der Waals surface area contributed by atoms with Crippen molar-refractivity contribution in [3.63, 3.8) is 0 Å². The largest absolute Gasteiger partial charge is 1.00 e. The highest BCUT2D eigenvalue weighted by molar-refractivity contribution is 5.73. The quantitative estimate of drug-likeness (QED) is 0.380. The van der Waals surface area contributed by atoms with E-state index >= 15 is 0 Å². The van der Waals surface area contributed by atoms with Gasteiger partial charge in [-0.05, 0) is 6.92 Å². The first kappa shape index (κ1) is 18.5. The number of hydrogen-bond acceptors (Lipinski definition) is 7. The van der Waals surface area contributed by atoms with Gasteiger partial charge in [-0.2, -0.15) is 0 Å². The van der Waals surface area contributed by atoms with E-state index in [1.165, 1.54) is 14.0 Å². The van der Waals surface area contributed by atoms with Crippen molar-refractivity contribution >= 4 is 5.97 Å². The molecule has 0 aliphatic carbocycles. The van der Waals surface area contributed by atoms with Crippen molar-refractivity contribution < 1.29 is 52.5 Å². The first-order valence-electron chi connectivity index (χ1n) is 5.61. The lowest BCUT2D eigenvalue weighted by Crippen LogP contribution is -3.00. The fourth-order valence-corrected chi connectivity index (χ4v) is 1.64. The van der Waals surface area contributed by atoms with Crippen LogP contribution in [-0.4, -0.2) is 71.8 Å². The van der Waals surface area contributed by atoms with Gasteiger partial charge in [-0.15, -0.1) is 0 Å². The molecule has 6 N–H and O–H groups in total. The van der Waals surface area contributed by atoms with Gasteiger partial charge in [-0.25, -0.2) is 4.79 Å². The van der Waals surface area contributed by atoms with Gasteiger partial charge in [-0.3, -0.25) is 0 Å². The van der Waals surface area contributed by atoms with Gasteiger partial charge >= 0.3 is 5.97 Å². The van der Waals surface area contributed by atoms with Crippen LogP contribution in [0.3, 0.4) is 0 Å². The Morgan fingerprint density at radius 2 is 2.00 bits per heavy atom. The third-order valence-corrected chi connectivity index (χ3v) is 2.71. The second kappa shape index (κ2) is 7.95. The van der Waals surface area contributed by atoms with Crippen molar-refractivity contribution in [2.24, 2.45) is 0 Å². The zero-order valence-corrected chi connectivity index (χ0v) is 11.5. The highest BCUT2D eigenvalue weighted by Crippen LogP contribution is 2.24. The van der Waals surface area contributed by atoms with Crippen LogP contribution in [0.4, 0.5) is 0 Å². The van der Waals surface area contributed by atoms with Crippen molar-refractivity contribution in [2.45, 2.75) is 43.7 Å². The van der Waals surface area contributed by atoms with Gasteiger partial charge in [0, 0.05) is 7.11 Å². The molecular weight excluding hydrogens is 282 g/mol. The van der Waals surface area contributed by atoms with Crippen molar-refractivity contribution in [2.75, 3.05) is 13.7 Å². The molecule has 1 saturated heterocycles. The summed E-state index contributed by atoms with van der Waals surface area (Å²) in [6, 6.07) is -0.638. The third-order valence-electron chi connectivity index (χ3n) is 2.71. The lowest BCUT2D eigenvalue weighted by Gasteiger charge is -2.40. The summed E-state index contributed by atoms with van der Waals surface area (Å²) >= 11 is 0. The predicted molar refractivity (Wildman–Crippen MR) is 57.0 cm³/mol. The fourth-order valence-electron chi connectivity index (χ4n) is 1.64. The molecule has 0 amide bonds. The Labute approximate surface area is 116 Å². The predicted octanol–water partition coefficient (Wildman–Crippen LogP) is -6.38. The van der Waals surface area contributed by atoms with E-state index in [1.807, 2.05) is 0 Å². The number of hydrogen-bond donors (Lipinski definition) is 4. The van der Waals surface area contributed by atoms with Gasteiger partial charge in [0.2, 0.25) is 0 Å². The number of carbonyl (C=O) groups excluding carboxylic acids is 1. The van der Waals surface area contributed by atoms with Crippen molar-refractivity contribution in [1.29, 1.82) is 0 Å². The van der Waals surface area contributed by atoms with Crippen LogP contribution < -0.4 is 18.1 Å². The van der Waals surface area contributed by atoms with Crippen LogP contribution >= 0.6 is 0 Å². The first-order valence-corrected chi connectivity index (χ1v) is 5.61. The number of methoxy groups -OCH3 is 1. The van der Waals surface area contributed by atoms with E-state index in [4.69, 9.17) is 19.3 Å². The molecule has 114 valence electrons. The molecule has 0 aromatic rings. The first-order chi connectivity index (χ1) is 8.42. The zero-order valence-electron chi connectivity index (χ0n) is 10.7. The van der Waals surface area contributed by atoms with E-state index in [0.717, 1.165) is 0 Å². The van der Waals surface area contributed by atoms with Crippen LogP contribution in [0.2, 0.25) is 0 Å². The summed E-state index contributed by atoms with van der Waals surface area (Å²) in [5.41, 5.74) is 3.48. The van der Waals surface area contributed by atoms with Gasteiger partial charge in [0.05, 0.1) is 6.61 Å². The average molecular weight is 302 g/mol. The molecule has 0 unspecified atom stereocenters. The van der Waals surface area contributed by atoms with E-state index in [1.54, 1.807) is 0 Å². The van der Waals surface area contributed by atoms with Crippen molar-refractivity contribution in [3.8, 4) is 0 Å². The number of rotatable bonds is 4. The maximum Gasteiger partial charge on any atom is 0.364 e. The lowest BCUT2D eigenvalue weighted by atomic mass is 9.99. The van der Waals surface area contributed by atoms with Crippen LogP contribution in [-0.2, 0) is 19.0 Å². The Hall–Kier alpha value is -0.480. The van der Waals surface area contributed by atoms with Gasteiger partial charge in [-0.1, -0.05) is 0 Å². The van der Waals surface area contributed by atoms with E-state index in [-0.39, 0.29) is 12.4 Å². The summed E-state index contributed by atoms with van der Waals surface area (Å²) in [6.45, 7) is 1.04. The Morgan fingerprint density at radius 3 is 2.42 bits per heavy atom. The van der Waals surface area contributed by atoms with E-state index in [9.17, 15) is 15.0 Å². The third kappa shape index (κ3) is 4.25. The van der Waals surface area contributed by atoms with E-state index < -0.39 is 49.3 Å². The Balaban J connectivity index is 0.00000324. The highest BCUT2D eigenvalue weighted by atomic mass is 35.5. The van der Waals surface area contributed by atoms with Gasteiger partial charge in [0.25, 0.3) is 0 Å². The molecule has 0 spiro atoms. The molecule has 0 aromatic carbocycles. The molecule has 8 nitrogen and oxygen atoms in total. The molecule has 1 fully saturated rings. The van der Waals surface area contributed by atoms with Crippen LogP contribution in [0.5, 0.6) is 0 Å². The van der Waals surface area contributed by atoms with Gasteiger partial charge in [0.1, 0.15) is 18.3 Å². The number of quaternary nitrogens is 1. The minimum Gasteiger partial charge on any atom is -1.00 e. The van der Waals surface area contributed by atoms with Crippen molar-refractivity contribution in [3.05, 3.63) is 0 Å². The number of aliphatic hydroxyl groups excluding tert-OH is 3. The summed E-state index contributed by atoms with van der Waals surface area (Å²) < 4.78 is 14.9. The molecule has 0 saturated carbocycles. The van der Waals surface area contributed by atoms with Crippen LogP contribution in [0.15, 0.2) is 0 Å². The molecule has 1 aliphatic rings. The molecule has 1 rings (SSSR count). The second-order valence-electron chi connectivity index (χ2n) is 4.24. The minimum absolute atomic E-state index is 0. The Kier molecular flexibility index (Phi) is 7.75. The second-order valence-corrected chi connectivity index (χ2v) is 4.24. The summed E-state index contributed by atoms with van der Waals surface area (Å²) in [4.78, 5) is 11.4. The maximum absolute atomic E-state index is 11.4. The molecule has 9 heteroatoms. The smallest absolute Gasteiger partial charge is 0.364 e. The summed E-state index contributed by atoms with van der Waals surface area (Å²) in [7, 11) is 1.29. The molecule has 0 radical (unpaired) electrons. The molecule has 1 aliphatic heterocycles. The summed E-state index contributed by atoms with van der Waals surface area (Å²) in [5.74, 6) is -0.661. The Morgan fingerprint density at radius 1 is 1.42 bits per heavy atom. The number of ether oxygens (including phenoxy) is 3. The molecular formula is C10H20ClNO7. The fraction of sp³-hybridized carbons (Fsp3) is 0.900. The standard InChI is InChI=1S/C10H19NO7.ClH/c1-4(11)9(15)18-8-6(13)5(3-12)17-10(16-2)7(8)14;/h4-8,10,12-14H,3,11H2,1-2H3;1H/t4-,5+,6+,7+,8-,10-;/m0./s1. The minimum atomic E-state index is -1.34. The number of halogens is 1. The number of carbonyl (C=O) groups is 1. The lowest BCUT2D eigenvalue weighted by molar-refractivity contribution is -0.405. The normalized spacial score (nSPS) is 36.2. The number of esters is 1. The van der Waals surface area contributed by atoms with Gasteiger partial charge in [0.15, 0.2) is 18.4 Å². The molecule has 0 aromatic heterocycles. The molecule has 1 heterocycles. The van der Waals surface area contributed by atoms with Crippen LogP contribution in [0.25, 0.3) is 0 Å². The molecule has 0 bridgehead atoms. The maximum atomic E-state index is 11.4. The van der Waals surface area contributed by atoms with E-state index in [0.29, 0.717) is 0 Å². The SMILES string of the molecule is CO[C@H]1O[C@H](CO)[C@@H](O)[C@H](OC(=O)[C@H](C)[NH3+])[C@H]1O.[Cl-]. The number of aliphatic hydroxyl groups is 3. The summed E-state index contributed by atoms with van der Waals surface area (Å²) in [5, 5.41) is 28.7. The zero-order chi connectivity index (χ0) is 13.9. The van der Waals surface area contributed by atoms with Gasteiger partial charge < -0.3 is 47.7 Å². The molecule has 6 atom stereocenters. The highest BCUT2D eigenvalue weighted by Gasteiger charge is 2.47. The van der Waals surface area contributed by atoms with E-state index in [2.05, 4.69) is 5.73 Å². The average Bonchev–Trinajstić information content (AvgIpc) is 2.34. The van der Waals surface area contributed by atoms with Crippen LogP contribution in [0, 0.1) is 0 Å². The Bertz CT molecular complexity index is 275. The molecule has 19 heavy (non-hydrogen) atoms. The van der Waals surface area contributed by atoms with Crippen molar-refractivity contribution in [1.82, 2.24) is 0 Å². The summed E-state index contributed by atoms with van der Waals surface area (Å²) in [6.07, 6.45) is -5.97. The topological polar surface area (TPSA) is 133 Å². The monoisotopic (exact) mass is 301 g/mol. The van der Waals surface area contributed by atoms with Crippen LogP contribution in [0.1, 0.15) is 6.92 Å².